The molecule has 0 saturated heterocycles. The molecule has 96 valence electrons. The van der Waals surface area contributed by atoms with Gasteiger partial charge in [0.05, 0.1) is 19.1 Å². The fraction of sp³-hybridized carbons (Fsp3) is 0.385. The van der Waals surface area contributed by atoms with Gasteiger partial charge in [0, 0.05) is 12.1 Å². The summed E-state index contributed by atoms with van der Waals surface area (Å²) >= 11 is 0. The number of rotatable bonds is 4. The predicted octanol–water partition coefficient (Wildman–Crippen LogP) is -0.208. The fourth-order valence-electron chi connectivity index (χ4n) is 2.10. The second kappa shape index (κ2) is 5.29. The van der Waals surface area contributed by atoms with Crippen molar-refractivity contribution in [1.29, 1.82) is 0 Å². The second-order valence-corrected chi connectivity index (χ2v) is 4.35. The number of aliphatic hydroxyl groups excluding tert-OH is 1. The molecular formula is C13H16N2O3. The minimum Gasteiger partial charge on any atom is -0.390 e. The van der Waals surface area contributed by atoms with Crippen molar-refractivity contribution in [1.82, 2.24) is 10.2 Å². The van der Waals surface area contributed by atoms with Gasteiger partial charge < -0.3 is 10.4 Å². The molecular weight excluding hydrogens is 232 g/mol. The molecule has 0 aliphatic carbocycles. The number of aliphatic hydroxyl groups is 1. The van der Waals surface area contributed by atoms with Crippen molar-refractivity contribution < 1.29 is 14.7 Å². The summed E-state index contributed by atoms with van der Waals surface area (Å²) in [5, 5.41) is 12.5. The molecule has 2 amide bonds. The standard InChI is InChI=1S/C13H16N2O3/c1-14-7-10(16)8-15-12(17)6-9-4-2-3-5-11(9)13(15)18/h2-5,10,14,16H,6-8H2,1H3. The van der Waals surface area contributed by atoms with Crippen LogP contribution in [-0.4, -0.2) is 48.1 Å². The number of benzene rings is 1. The lowest BCUT2D eigenvalue weighted by Crippen LogP contribution is -2.47. The Morgan fingerprint density at radius 3 is 2.83 bits per heavy atom. The molecule has 0 saturated carbocycles. The Morgan fingerprint density at radius 2 is 2.11 bits per heavy atom. The number of hydrogen-bond donors (Lipinski definition) is 2. The van der Waals surface area contributed by atoms with Gasteiger partial charge in [0.15, 0.2) is 0 Å². The molecule has 1 heterocycles. The summed E-state index contributed by atoms with van der Waals surface area (Å²) in [7, 11) is 1.71. The maximum absolute atomic E-state index is 12.1. The van der Waals surface area contributed by atoms with E-state index in [1.165, 1.54) is 0 Å². The summed E-state index contributed by atoms with van der Waals surface area (Å²) in [6, 6.07) is 7.08. The first-order valence-electron chi connectivity index (χ1n) is 5.88. The lowest BCUT2D eigenvalue weighted by Gasteiger charge is -2.28. The van der Waals surface area contributed by atoms with Crippen LogP contribution in [0.15, 0.2) is 24.3 Å². The molecule has 1 aliphatic rings. The molecule has 2 N–H and O–H groups in total. The third-order valence-corrected chi connectivity index (χ3v) is 2.97. The lowest BCUT2D eigenvalue weighted by atomic mass is 9.98. The summed E-state index contributed by atoms with van der Waals surface area (Å²) in [6.07, 6.45) is -0.526. The third-order valence-electron chi connectivity index (χ3n) is 2.97. The highest BCUT2D eigenvalue weighted by Gasteiger charge is 2.31. The number of nitrogens with one attached hydrogen (secondary N) is 1. The zero-order valence-corrected chi connectivity index (χ0v) is 10.2. The van der Waals surface area contributed by atoms with E-state index < -0.39 is 6.10 Å². The Bertz CT molecular complexity index is 473. The van der Waals surface area contributed by atoms with E-state index >= 15 is 0 Å². The Balaban J connectivity index is 2.19. The van der Waals surface area contributed by atoms with Gasteiger partial charge in [-0.3, -0.25) is 14.5 Å². The summed E-state index contributed by atoms with van der Waals surface area (Å²) < 4.78 is 0. The van der Waals surface area contributed by atoms with Gasteiger partial charge in [0.25, 0.3) is 5.91 Å². The molecule has 1 aliphatic heterocycles. The fourth-order valence-corrected chi connectivity index (χ4v) is 2.10. The van der Waals surface area contributed by atoms with Gasteiger partial charge in [-0.05, 0) is 18.7 Å². The number of amides is 2. The highest BCUT2D eigenvalue weighted by molar-refractivity contribution is 6.09. The van der Waals surface area contributed by atoms with Crippen LogP contribution in [0.4, 0.5) is 0 Å². The first-order chi connectivity index (χ1) is 8.63. The van der Waals surface area contributed by atoms with E-state index in [9.17, 15) is 14.7 Å². The maximum Gasteiger partial charge on any atom is 0.260 e. The van der Waals surface area contributed by atoms with Crippen LogP contribution in [-0.2, 0) is 11.2 Å². The second-order valence-electron chi connectivity index (χ2n) is 4.35. The molecule has 1 aromatic rings. The van der Waals surface area contributed by atoms with E-state index in [2.05, 4.69) is 5.32 Å². The highest BCUT2D eigenvalue weighted by atomic mass is 16.3. The van der Waals surface area contributed by atoms with Crippen molar-refractivity contribution in [2.45, 2.75) is 12.5 Å². The molecule has 18 heavy (non-hydrogen) atoms. The van der Waals surface area contributed by atoms with Crippen molar-refractivity contribution in [2.24, 2.45) is 0 Å². The van der Waals surface area contributed by atoms with E-state index in [1.807, 2.05) is 6.07 Å². The third kappa shape index (κ3) is 2.42. The number of fused-ring (bicyclic) bond motifs is 1. The largest absolute Gasteiger partial charge is 0.390 e. The SMILES string of the molecule is CNCC(O)CN1C(=O)Cc2ccccc2C1=O. The van der Waals surface area contributed by atoms with Crippen molar-refractivity contribution in [3.8, 4) is 0 Å². The van der Waals surface area contributed by atoms with Crippen LogP contribution in [0.5, 0.6) is 0 Å². The quantitative estimate of drug-likeness (QED) is 0.724. The smallest absolute Gasteiger partial charge is 0.260 e. The van der Waals surface area contributed by atoms with Gasteiger partial charge in [0.2, 0.25) is 5.91 Å². The Kier molecular flexibility index (Phi) is 3.74. The number of carbonyl (C=O) groups excluding carboxylic acids is 2. The predicted molar refractivity (Wildman–Crippen MR) is 66.1 cm³/mol. The topological polar surface area (TPSA) is 69.6 Å². The summed E-state index contributed by atoms with van der Waals surface area (Å²) in [4.78, 5) is 25.2. The zero-order chi connectivity index (χ0) is 13.1. The number of nitrogens with zero attached hydrogens (tertiary/aromatic N) is 1. The minimum atomic E-state index is -0.742. The first kappa shape index (κ1) is 12.7. The van der Waals surface area contributed by atoms with Gasteiger partial charge in [-0.25, -0.2) is 0 Å². The van der Waals surface area contributed by atoms with Crippen LogP contribution in [0.3, 0.4) is 0 Å². The van der Waals surface area contributed by atoms with Crippen LogP contribution in [0.2, 0.25) is 0 Å². The van der Waals surface area contributed by atoms with Crippen LogP contribution in [0, 0.1) is 0 Å². The molecule has 5 heteroatoms. The van der Waals surface area contributed by atoms with Gasteiger partial charge in [-0.2, -0.15) is 0 Å². The molecule has 5 nitrogen and oxygen atoms in total. The molecule has 0 spiro atoms. The van der Waals surface area contributed by atoms with Crippen molar-refractivity contribution in [2.75, 3.05) is 20.1 Å². The maximum atomic E-state index is 12.1. The monoisotopic (exact) mass is 248 g/mol. The van der Waals surface area contributed by atoms with E-state index in [0.717, 1.165) is 10.5 Å². The van der Waals surface area contributed by atoms with Crippen molar-refractivity contribution in [3.63, 3.8) is 0 Å². The van der Waals surface area contributed by atoms with Gasteiger partial charge in [-0.1, -0.05) is 18.2 Å². The molecule has 1 unspecified atom stereocenters. The molecule has 0 radical (unpaired) electrons. The van der Waals surface area contributed by atoms with E-state index in [0.29, 0.717) is 12.1 Å². The number of carbonyl (C=O) groups is 2. The molecule has 0 aromatic heterocycles. The summed E-state index contributed by atoms with van der Waals surface area (Å²) in [6.45, 7) is 0.381. The van der Waals surface area contributed by atoms with E-state index in [-0.39, 0.29) is 24.8 Å². The van der Waals surface area contributed by atoms with Crippen LogP contribution in [0.1, 0.15) is 15.9 Å². The molecule has 1 atom stereocenters. The number of likely N-dealkylation sites (N-methyl/N-ethyl adjacent to an activating group) is 1. The number of hydrogen-bond acceptors (Lipinski definition) is 4. The Morgan fingerprint density at radius 1 is 1.39 bits per heavy atom. The minimum absolute atomic E-state index is 0.0346. The lowest BCUT2D eigenvalue weighted by molar-refractivity contribution is -0.129. The summed E-state index contributed by atoms with van der Waals surface area (Å²) in [5.74, 6) is -0.578. The van der Waals surface area contributed by atoms with Gasteiger partial charge in [-0.15, -0.1) is 0 Å². The van der Waals surface area contributed by atoms with Crippen molar-refractivity contribution >= 4 is 11.8 Å². The molecule has 0 bridgehead atoms. The van der Waals surface area contributed by atoms with Crippen molar-refractivity contribution in [3.05, 3.63) is 35.4 Å². The average molecular weight is 248 g/mol. The number of β-amino-alcohol motifs (C(OH)–C–C–N with tert-alkyl or cyclic N) is 1. The van der Waals surface area contributed by atoms with Gasteiger partial charge in [0.1, 0.15) is 0 Å². The molecule has 2 rings (SSSR count). The molecule has 1 aromatic carbocycles. The normalized spacial score (nSPS) is 16.7. The van der Waals surface area contributed by atoms with Gasteiger partial charge >= 0.3 is 0 Å². The zero-order valence-electron chi connectivity index (χ0n) is 10.2. The number of imide groups is 1. The molecule has 0 fully saturated rings. The van der Waals surface area contributed by atoms with E-state index in [4.69, 9.17) is 0 Å². The van der Waals surface area contributed by atoms with E-state index in [1.54, 1.807) is 25.2 Å². The Hall–Kier alpha value is -1.72. The van der Waals surface area contributed by atoms with Crippen LogP contribution < -0.4 is 5.32 Å². The average Bonchev–Trinajstić information content (AvgIpc) is 2.35. The first-order valence-corrected chi connectivity index (χ1v) is 5.88. The Labute approximate surface area is 105 Å². The highest BCUT2D eigenvalue weighted by Crippen LogP contribution is 2.19. The van der Waals surface area contributed by atoms with Crippen LogP contribution >= 0.6 is 0 Å². The summed E-state index contributed by atoms with van der Waals surface area (Å²) in [5.41, 5.74) is 1.31. The van der Waals surface area contributed by atoms with Crippen LogP contribution in [0.25, 0.3) is 0 Å².